The molecule has 0 aliphatic rings. The standard InChI is InChI=1S/C15H16N4S2/c1-3-11-4-6-12(7-5-11)14-17-13(8-20-14)9-21-15-16-10(2)18-19-15/h4-8H,3,9H2,1-2H3,(H,16,18,19). The van der Waals surface area contributed by atoms with E-state index < -0.39 is 0 Å². The number of aromatic amines is 1. The van der Waals surface area contributed by atoms with Crippen LogP contribution in [0.4, 0.5) is 0 Å². The van der Waals surface area contributed by atoms with Crippen molar-refractivity contribution < 1.29 is 0 Å². The van der Waals surface area contributed by atoms with Crippen LogP contribution >= 0.6 is 23.1 Å². The Kier molecular flexibility index (Phi) is 4.36. The Hall–Kier alpha value is -1.66. The van der Waals surface area contributed by atoms with Crippen molar-refractivity contribution in [3.8, 4) is 10.6 Å². The molecule has 2 aromatic heterocycles. The lowest BCUT2D eigenvalue weighted by Crippen LogP contribution is -1.84. The number of nitrogens with one attached hydrogen (secondary N) is 1. The van der Waals surface area contributed by atoms with E-state index in [0.717, 1.165) is 33.9 Å². The fraction of sp³-hybridized carbons (Fsp3) is 0.267. The van der Waals surface area contributed by atoms with Crippen molar-refractivity contribution in [2.75, 3.05) is 0 Å². The fourth-order valence-corrected chi connectivity index (χ4v) is 3.58. The maximum absolute atomic E-state index is 4.69. The smallest absolute Gasteiger partial charge is 0.208 e. The number of rotatable bonds is 5. The van der Waals surface area contributed by atoms with Crippen LogP contribution in [0.25, 0.3) is 10.6 Å². The van der Waals surface area contributed by atoms with Gasteiger partial charge in [0.2, 0.25) is 5.16 Å². The molecule has 108 valence electrons. The lowest BCUT2D eigenvalue weighted by atomic mass is 10.1. The van der Waals surface area contributed by atoms with Gasteiger partial charge in [0.25, 0.3) is 0 Å². The molecule has 1 aromatic carbocycles. The zero-order valence-electron chi connectivity index (χ0n) is 12.0. The molecular weight excluding hydrogens is 300 g/mol. The van der Waals surface area contributed by atoms with Crippen molar-refractivity contribution in [3.05, 3.63) is 46.7 Å². The number of aryl methyl sites for hydroxylation is 2. The molecule has 0 unspecified atom stereocenters. The van der Waals surface area contributed by atoms with Crippen LogP contribution in [-0.2, 0) is 12.2 Å². The molecule has 0 spiro atoms. The zero-order chi connectivity index (χ0) is 14.7. The van der Waals surface area contributed by atoms with Gasteiger partial charge in [0, 0.05) is 16.7 Å². The monoisotopic (exact) mass is 316 g/mol. The number of H-pyrrole nitrogens is 1. The average Bonchev–Trinajstić information content (AvgIpc) is 3.14. The van der Waals surface area contributed by atoms with Crippen LogP contribution in [0.15, 0.2) is 34.8 Å². The summed E-state index contributed by atoms with van der Waals surface area (Å²) in [6, 6.07) is 8.63. The predicted molar refractivity (Wildman–Crippen MR) is 87.6 cm³/mol. The van der Waals surface area contributed by atoms with E-state index in [0.29, 0.717) is 0 Å². The summed E-state index contributed by atoms with van der Waals surface area (Å²) >= 11 is 3.28. The van der Waals surface area contributed by atoms with Crippen LogP contribution in [0.3, 0.4) is 0 Å². The third-order valence-electron chi connectivity index (χ3n) is 3.09. The Morgan fingerprint density at radius 2 is 2.00 bits per heavy atom. The summed E-state index contributed by atoms with van der Waals surface area (Å²) in [7, 11) is 0. The molecule has 2 heterocycles. The number of hydrogen-bond donors (Lipinski definition) is 1. The molecule has 0 atom stereocenters. The summed E-state index contributed by atoms with van der Waals surface area (Å²) in [6.07, 6.45) is 1.07. The summed E-state index contributed by atoms with van der Waals surface area (Å²) in [4.78, 5) is 8.97. The Morgan fingerprint density at radius 3 is 2.67 bits per heavy atom. The van der Waals surface area contributed by atoms with Crippen LogP contribution in [0.2, 0.25) is 0 Å². The minimum absolute atomic E-state index is 0.773. The number of hydrogen-bond acceptors (Lipinski definition) is 5. The highest BCUT2D eigenvalue weighted by atomic mass is 32.2. The van der Waals surface area contributed by atoms with E-state index in [1.807, 2.05) is 6.92 Å². The van der Waals surface area contributed by atoms with Gasteiger partial charge in [0.1, 0.15) is 10.8 Å². The first-order valence-electron chi connectivity index (χ1n) is 6.80. The van der Waals surface area contributed by atoms with Gasteiger partial charge in [-0.3, -0.25) is 5.10 Å². The molecule has 1 N–H and O–H groups in total. The molecule has 0 saturated carbocycles. The van der Waals surface area contributed by atoms with Crippen molar-refractivity contribution >= 4 is 23.1 Å². The second kappa shape index (κ2) is 6.41. The highest BCUT2D eigenvalue weighted by Crippen LogP contribution is 2.27. The highest BCUT2D eigenvalue weighted by Gasteiger charge is 2.07. The summed E-state index contributed by atoms with van der Waals surface area (Å²) < 4.78 is 0. The lowest BCUT2D eigenvalue weighted by Gasteiger charge is -1.99. The minimum Gasteiger partial charge on any atom is -0.262 e. The summed E-state index contributed by atoms with van der Waals surface area (Å²) in [5, 5.41) is 10.9. The van der Waals surface area contributed by atoms with Crippen LogP contribution < -0.4 is 0 Å². The van der Waals surface area contributed by atoms with E-state index in [4.69, 9.17) is 0 Å². The second-order valence-corrected chi connectivity index (χ2v) is 6.49. The minimum atomic E-state index is 0.773. The van der Waals surface area contributed by atoms with Crippen LogP contribution in [0.1, 0.15) is 24.0 Å². The number of aromatic nitrogens is 4. The van der Waals surface area contributed by atoms with Crippen molar-refractivity contribution in [3.63, 3.8) is 0 Å². The van der Waals surface area contributed by atoms with Crippen LogP contribution in [0, 0.1) is 6.92 Å². The third kappa shape index (κ3) is 3.51. The van der Waals surface area contributed by atoms with Crippen molar-refractivity contribution in [2.45, 2.75) is 31.2 Å². The lowest BCUT2D eigenvalue weighted by molar-refractivity contribution is 0.968. The normalized spacial score (nSPS) is 11.0. The van der Waals surface area contributed by atoms with E-state index in [2.05, 4.69) is 56.7 Å². The Balaban J connectivity index is 1.67. The van der Waals surface area contributed by atoms with Gasteiger partial charge in [-0.05, 0) is 18.9 Å². The summed E-state index contributed by atoms with van der Waals surface area (Å²) in [5.41, 5.74) is 3.61. The maximum Gasteiger partial charge on any atom is 0.208 e. The first-order chi connectivity index (χ1) is 10.2. The average molecular weight is 316 g/mol. The van der Waals surface area contributed by atoms with Crippen LogP contribution in [0.5, 0.6) is 0 Å². The van der Waals surface area contributed by atoms with E-state index in [1.165, 1.54) is 11.1 Å². The molecule has 0 bridgehead atoms. The SMILES string of the molecule is CCc1ccc(-c2nc(CSc3n[nH]c(C)n3)cs2)cc1. The molecule has 4 nitrogen and oxygen atoms in total. The van der Waals surface area contributed by atoms with Gasteiger partial charge in [0.15, 0.2) is 0 Å². The van der Waals surface area contributed by atoms with Gasteiger partial charge in [-0.15, -0.1) is 16.4 Å². The number of thioether (sulfide) groups is 1. The number of thiazole rings is 1. The molecule has 0 amide bonds. The number of benzene rings is 1. The molecule has 0 saturated heterocycles. The van der Waals surface area contributed by atoms with Crippen molar-refractivity contribution in [1.29, 1.82) is 0 Å². The molecule has 0 radical (unpaired) electrons. The van der Waals surface area contributed by atoms with Gasteiger partial charge in [0.05, 0.1) is 5.69 Å². The predicted octanol–water partition coefficient (Wildman–Crippen LogP) is 4.09. The molecule has 0 aliphatic heterocycles. The van der Waals surface area contributed by atoms with Crippen LogP contribution in [-0.4, -0.2) is 20.2 Å². The maximum atomic E-state index is 4.69. The number of nitrogens with zero attached hydrogens (tertiary/aromatic N) is 3. The van der Waals surface area contributed by atoms with E-state index in [-0.39, 0.29) is 0 Å². The molecule has 6 heteroatoms. The fourth-order valence-electron chi connectivity index (χ4n) is 1.91. The quantitative estimate of drug-likeness (QED) is 0.720. The first kappa shape index (κ1) is 14.3. The topological polar surface area (TPSA) is 54.5 Å². The van der Waals surface area contributed by atoms with Gasteiger partial charge >= 0.3 is 0 Å². The molecule has 21 heavy (non-hydrogen) atoms. The second-order valence-electron chi connectivity index (χ2n) is 4.69. The Labute approximate surface area is 132 Å². The van der Waals surface area contributed by atoms with Crippen molar-refractivity contribution in [2.24, 2.45) is 0 Å². The van der Waals surface area contributed by atoms with E-state index in [9.17, 15) is 0 Å². The Bertz CT molecular complexity index is 715. The van der Waals surface area contributed by atoms with Gasteiger partial charge in [-0.2, -0.15) is 0 Å². The summed E-state index contributed by atoms with van der Waals surface area (Å²) in [6.45, 7) is 4.07. The molecule has 3 rings (SSSR count). The highest BCUT2D eigenvalue weighted by molar-refractivity contribution is 7.98. The Morgan fingerprint density at radius 1 is 1.19 bits per heavy atom. The largest absolute Gasteiger partial charge is 0.262 e. The summed E-state index contributed by atoms with van der Waals surface area (Å²) in [5.74, 6) is 1.63. The van der Waals surface area contributed by atoms with Gasteiger partial charge in [-0.25, -0.2) is 9.97 Å². The van der Waals surface area contributed by atoms with Crippen molar-refractivity contribution in [1.82, 2.24) is 20.2 Å². The molecule has 0 fully saturated rings. The van der Waals surface area contributed by atoms with Gasteiger partial charge in [-0.1, -0.05) is 43.0 Å². The molecule has 3 aromatic rings. The van der Waals surface area contributed by atoms with E-state index in [1.54, 1.807) is 23.1 Å². The van der Waals surface area contributed by atoms with Gasteiger partial charge < -0.3 is 0 Å². The molecular formula is C15H16N4S2. The van der Waals surface area contributed by atoms with E-state index >= 15 is 0 Å². The third-order valence-corrected chi connectivity index (χ3v) is 4.91. The molecule has 0 aliphatic carbocycles. The zero-order valence-corrected chi connectivity index (χ0v) is 13.6. The first-order valence-corrected chi connectivity index (χ1v) is 8.66.